The predicted molar refractivity (Wildman–Crippen MR) is 109 cm³/mol. The molecule has 2 amide bonds. The number of anilines is 1. The van der Waals surface area contributed by atoms with Gasteiger partial charge in [-0.25, -0.2) is 0 Å². The fraction of sp³-hybridized carbons (Fsp3) is 0.391. The molecule has 0 bridgehead atoms. The van der Waals surface area contributed by atoms with Crippen molar-refractivity contribution in [1.82, 2.24) is 5.32 Å². The Balaban J connectivity index is 1.80. The standard InChI is InChI=1S/C23H28N2O2/c1-17-7-6-8-19(15-17)23(13-4-3-5-14-23)22(27)25-20-11-9-18(10-12-20)16-21(26)24-2/h6-12,15H,3-5,13-14,16H2,1-2H3,(H,24,26)(H,25,27). The molecule has 1 fully saturated rings. The number of carbonyl (C=O) groups is 2. The summed E-state index contributed by atoms with van der Waals surface area (Å²) in [5.74, 6) is 0.0549. The summed E-state index contributed by atoms with van der Waals surface area (Å²) in [5.41, 5.74) is 3.56. The Bertz CT molecular complexity index is 805. The maximum absolute atomic E-state index is 13.3. The molecule has 2 aromatic rings. The van der Waals surface area contributed by atoms with E-state index in [0.29, 0.717) is 6.42 Å². The van der Waals surface area contributed by atoms with Crippen molar-refractivity contribution in [2.24, 2.45) is 0 Å². The van der Waals surface area contributed by atoms with Gasteiger partial charge in [-0.1, -0.05) is 61.2 Å². The summed E-state index contributed by atoms with van der Waals surface area (Å²) in [4.78, 5) is 24.8. The first-order chi connectivity index (χ1) is 13.0. The third kappa shape index (κ3) is 4.38. The van der Waals surface area contributed by atoms with Crippen LogP contribution in [0.15, 0.2) is 48.5 Å². The molecule has 2 aromatic carbocycles. The van der Waals surface area contributed by atoms with Gasteiger partial charge in [-0.3, -0.25) is 9.59 Å². The molecule has 0 radical (unpaired) electrons. The van der Waals surface area contributed by atoms with Crippen LogP contribution in [0.5, 0.6) is 0 Å². The van der Waals surface area contributed by atoms with E-state index in [1.165, 1.54) is 12.0 Å². The SMILES string of the molecule is CNC(=O)Cc1ccc(NC(=O)C2(c3cccc(C)c3)CCCCC2)cc1. The molecule has 0 aliphatic heterocycles. The molecule has 0 aromatic heterocycles. The number of rotatable bonds is 5. The first-order valence-electron chi connectivity index (χ1n) is 9.72. The molecule has 1 saturated carbocycles. The van der Waals surface area contributed by atoms with E-state index >= 15 is 0 Å². The van der Waals surface area contributed by atoms with Gasteiger partial charge < -0.3 is 10.6 Å². The van der Waals surface area contributed by atoms with E-state index in [0.717, 1.165) is 42.5 Å². The molecule has 1 aliphatic carbocycles. The van der Waals surface area contributed by atoms with E-state index in [-0.39, 0.29) is 11.8 Å². The van der Waals surface area contributed by atoms with Gasteiger partial charge in [-0.2, -0.15) is 0 Å². The van der Waals surface area contributed by atoms with Gasteiger partial charge in [0.1, 0.15) is 0 Å². The lowest BCUT2D eigenvalue weighted by molar-refractivity contribution is -0.123. The zero-order valence-electron chi connectivity index (χ0n) is 16.2. The van der Waals surface area contributed by atoms with Gasteiger partial charge in [0.2, 0.25) is 11.8 Å². The first-order valence-corrected chi connectivity index (χ1v) is 9.72. The van der Waals surface area contributed by atoms with Crippen LogP contribution in [-0.2, 0) is 21.4 Å². The van der Waals surface area contributed by atoms with Gasteiger partial charge in [-0.05, 0) is 43.0 Å². The van der Waals surface area contributed by atoms with Crippen LogP contribution < -0.4 is 10.6 Å². The number of nitrogens with one attached hydrogen (secondary N) is 2. The topological polar surface area (TPSA) is 58.2 Å². The summed E-state index contributed by atoms with van der Waals surface area (Å²) < 4.78 is 0. The van der Waals surface area contributed by atoms with Gasteiger partial charge >= 0.3 is 0 Å². The van der Waals surface area contributed by atoms with Crippen LogP contribution in [0.4, 0.5) is 5.69 Å². The Labute approximate surface area is 161 Å². The summed E-state index contributed by atoms with van der Waals surface area (Å²) in [6.45, 7) is 2.07. The minimum absolute atomic E-state index is 0.0209. The molecule has 27 heavy (non-hydrogen) atoms. The molecule has 3 rings (SSSR count). The summed E-state index contributed by atoms with van der Waals surface area (Å²) in [6.07, 6.45) is 5.46. The van der Waals surface area contributed by atoms with Crippen molar-refractivity contribution in [3.05, 3.63) is 65.2 Å². The maximum Gasteiger partial charge on any atom is 0.235 e. The Morgan fingerprint density at radius 1 is 1.00 bits per heavy atom. The number of carbonyl (C=O) groups excluding carboxylic acids is 2. The molecule has 0 atom stereocenters. The van der Waals surface area contributed by atoms with Gasteiger partial charge in [0.15, 0.2) is 0 Å². The molecule has 0 heterocycles. The van der Waals surface area contributed by atoms with E-state index in [1.807, 2.05) is 30.3 Å². The van der Waals surface area contributed by atoms with Crippen LogP contribution in [0.2, 0.25) is 0 Å². The molecule has 4 nitrogen and oxygen atoms in total. The monoisotopic (exact) mass is 364 g/mol. The Hall–Kier alpha value is -2.62. The third-order valence-corrected chi connectivity index (χ3v) is 5.57. The van der Waals surface area contributed by atoms with E-state index in [1.54, 1.807) is 7.05 Å². The van der Waals surface area contributed by atoms with Crippen molar-refractivity contribution in [2.45, 2.75) is 50.9 Å². The normalized spacial score (nSPS) is 15.8. The number of hydrogen-bond acceptors (Lipinski definition) is 2. The summed E-state index contributed by atoms with van der Waals surface area (Å²) >= 11 is 0. The molecule has 2 N–H and O–H groups in total. The molecular weight excluding hydrogens is 336 g/mol. The summed E-state index contributed by atoms with van der Waals surface area (Å²) in [6, 6.07) is 15.9. The minimum atomic E-state index is -0.453. The van der Waals surface area contributed by atoms with Crippen molar-refractivity contribution in [2.75, 3.05) is 12.4 Å². The second kappa shape index (κ2) is 8.38. The quantitative estimate of drug-likeness (QED) is 0.838. The van der Waals surface area contributed by atoms with Gasteiger partial charge in [0, 0.05) is 12.7 Å². The fourth-order valence-electron chi connectivity index (χ4n) is 3.98. The average Bonchev–Trinajstić information content (AvgIpc) is 2.70. The number of aryl methyl sites for hydroxylation is 1. The Morgan fingerprint density at radius 3 is 2.33 bits per heavy atom. The lowest BCUT2D eigenvalue weighted by Gasteiger charge is -2.36. The summed E-state index contributed by atoms with van der Waals surface area (Å²) in [7, 11) is 1.63. The van der Waals surface area contributed by atoms with Crippen LogP contribution in [0.3, 0.4) is 0 Å². The van der Waals surface area contributed by atoms with Crippen LogP contribution in [0, 0.1) is 6.92 Å². The molecule has 0 spiro atoms. The molecule has 142 valence electrons. The molecule has 0 unspecified atom stereocenters. The first kappa shape index (κ1) is 19.2. The zero-order chi connectivity index (χ0) is 19.3. The highest BCUT2D eigenvalue weighted by Crippen LogP contribution is 2.40. The zero-order valence-corrected chi connectivity index (χ0v) is 16.2. The van der Waals surface area contributed by atoms with Crippen LogP contribution in [0.1, 0.15) is 48.8 Å². The van der Waals surface area contributed by atoms with Crippen molar-refractivity contribution in [1.29, 1.82) is 0 Å². The van der Waals surface area contributed by atoms with Crippen molar-refractivity contribution >= 4 is 17.5 Å². The highest BCUT2D eigenvalue weighted by Gasteiger charge is 2.41. The third-order valence-electron chi connectivity index (χ3n) is 5.57. The number of benzene rings is 2. The second-order valence-corrected chi connectivity index (χ2v) is 7.51. The van der Waals surface area contributed by atoms with E-state index < -0.39 is 5.41 Å². The van der Waals surface area contributed by atoms with Gasteiger partial charge in [0.05, 0.1) is 11.8 Å². The van der Waals surface area contributed by atoms with Crippen LogP contribution >= 0.6 is 0 Å². The maximum atomic E-state index is 13.3. The largest absolute Gasteiger partial charge is 0.359 e. The fourth-order valence-corrected chi connectivity index (χ4v) is 3.98. The second-order valence-electron chi connectivity index (χ2n) is 7.51. The number of likely N-dealkylation sites (N-methyl/N-ethyl adjacent to an activating group) is 1. The Morgan fingerprint density at radius 2 is 1.70 bits per heavy atom. The van der Waals surface area contributed by atoms with Crippen molar-refractivity contribution in [3.63, 3.8) is 0 Å². The number of hydrogen-bond donors (Lipinski definition) is 2. The smallest absolute Gasteiger partial charge is 0.235 e. The highest BCUT2D eigenvalue weighted by atomic mass is 16.2. The minimum Gasteiger partial charge on any atom is -0.359 e. The van der Waals surface area contributed by atoms with Crippen LogP contribution in [-0.4, -0.2) is 18.9 Å². The molecule has 4 heteroatoms. The highest BCUT2D eigenvalue weighted by molar-refractivity contribution is 5.99. The molecule has 1 aliphatic rings. The summed E-state index contributed by atoms with van der Waals surface area (Å²) in [5, 5.41) is 5.75. The molecular formula is C23H28N2O2. The lowest BCUT2D eigenvalue weighted by atomic mass is 9.68. The molecule has 0 saturated heterocycles. The van der Waals surface area contributed by atoms with E-state index in [9.17, 15) is 9.59 Å². The average molecular weight is 364 g/mol. The predicted octanol–water partition coefficient (Wildman–Crippen LogP) is 4.12. The van der Waals surface area contributed by atoms with E-state index in [4.69, 9.17) is 0 Å². The van der Waals surface area contributed by atoms with Gasteiger partial charge in [0.25, 0.3) is 0 Å². The Kier molecular flexibility index (Phi) is 5.94. The number of amides is 2. The van der Waals surface area contributed by atoms with Gasteiger partial charge in [-0.15, -0.1) is 0 Å². The van der Waals surface area contributed by atoms with Crippen molar-refractivity contribution < 1.29 is 9.59 Å². The lowest BCUT2D eigenvalue weighted by Crippen LogP contribution is -2.42. The van der Waals surface area contributed by atoms with Crippen molar-refractivity contribution in [3.8, 4) is 0 Å². The van der Waals surface area contributed by atoms with E-state index in [2.05, 4.69) is 35.8 Å². The van der Waals surface area contributed by atoms with Crippen LogP contribution in [0.25, 0.3) is 0 Å².